The third-order valence-electron chi connectivity index (χ3n) is 4.56. The van der Waals surface area contributed by atoms with Crippen molar-refractivity contribution in [3.05, 3.63) is 12.2 Å². The molecule has 0 aromatic heterocycles. The van der Waals surface area contributed by atoms with Crippen LogP contribution in [0.25, 0.3) is 0 Å². The van der Waals surface area contributed by atoms with Gasteiger partial charge >= 0.3 is 0 Å². The molecule has 2 nitrogen and oxygen atoms in total. The van der Waals surface area contributed by atoms with Crippen LogP contribution in [0.15, 0.2) is 12.2 Å². The summed E-state index contributed by atoms with van der Waals surface area (Å²) in [7, 11) is 2.27. The van der Waals surface area contributed by atoms with Crippen molar-refractivity contribution in [2.75, 3.05) is 7.05 Å². The van der Waals surface area contributed by atoms with Gasteiger partial charge in [-0.3, -0.25) is 0 Å². The average molecular weight is 248 g/mol. The highest BCUT2D eigenvalue weighted by atomic mass is 15.2. The first kappa shape index (κ1) is 15.2. The van der Waals surface area contributed by atoms with E-state index in [9.17, 15) is 0 Å². The molecule has 102 valence electrons. The Morgan fingerprint density at radius 3 is 2.50 bits per heavy atom. The Morgan fingerprint density at radius 2 is 2.00 bits per heavy atom. The quantitative estimate of drug-likeness (QED) is 0.661. The van der Waals surface area contributed by atoms with Gasteiger partial charge in [0.05, 0.1) is 6.07 Å². The van der Waals surface area contributed by atoms with Gasteiger partial charge in [-0.2, -0.15) is 5.26 Å². The molecule has 1 aliphatic carbocycles. The Bertz CT molecular complexity index is 297. The zero-order chi connectivity index (χ0) is 13.5. The maximum absolute atomic E-state index is 8.91. The van der Waals surface area contributed by atoms with Crippen LogP contribution in [0.1, 0.15) is 58.8 Å². The second kappa shape index (κ2) is 7.59. The maximum Gasteiger partial charge on any atom is 0.0943 e. The predicted octanol–water partition coefficient (Wildman–Crippen LogP) is 4.14. The highest BCUT2D eigenvalue weighted by molar-refractivity contribution is 5.18. The highest BCUT2D eigenvalue weighted by Crippen LogP contribution is 2.27. The molecule has 0 saturated heterocycles. The van der Waals surface area contributed by atoms with E-state index in [1.165, 1.54) is 32.1 Å². The summed E-state index contributed by atoms with van der Waals surface area (Å²) in [4.78, 5) is 2.57. The standard InChI is InChI=1S/C16H28N2/c1-5-15(11-13(2)14(3)12-17)18(4)16-9-7-6-8-10-16/h13,15-16H,3,5-11H2,1-2,4H3. The number of nitrogens with zero attached hydrogens (tertiary/aromatic N) is 2. The van der Waals surface area contributed by atoms with E-state index < -0.39 is 0 Å². The summed E-state index contributed by atoms with van der Waals surface area (Å²) < 4.78 is 0. The summed E-state index contributed by atoms with van der Waals surface area (Å²) in [5.41, 5.74) is 0.727. The summed E-state index contributed by atoms with van der Waals surface area (Å²) >= 11 is 0. The largest absolute Gasteiger partial charge is 0.300 e. The topological polar surface area (TPSA) is 27.0 Å². The van der Waals surface area contributed by atoms with Crippen LogP contribution in [0.2, 0.25) is 0 Å². The van der Waals surface area contributed by atoms with E-state index in [0.29, 0.717) is 12.0 Å². The van der Waals surface area contributed by atoms with Crippen molar-refractivity contribution in [3.8, 4) is 6.07 Å². The summed E-state index contributed by atoms with van der Waals surface area (Å²) in [6, 6.07) is 3.55. The fourth-order valence-electron chi connectivity index (χ4n) is 3.07. The molecule has 18 heavy (non-hydrogen) atoms. The van der Waals surface area contributed by atoms with E-state index in [-0.39, 0.29) is 0 Å². The molecule has 2 heteroatoms. The lowest BCUT2D eigenvalue weighted by molar-refractivity contribution is 0.121. The van der Waals surface area contributed by atoms with Gasteiger partial charge in [0.1, 0.15) is 0 Å². The molecule has 0 bridgehead atoms. The first-order valence-corrected chi connectivity index (χ1v) is 7.41. The zero-order valence-corrected chi connectivity index (χ0v) is 12.3. The van der Waals surface area contributed by atoms with E-state index in [0.717, 1.165) is 24.5 Å². The molecule has 0 N–H and O–H groups in total. The summed E-state index contributed by atoms with van der Waals surface area (Å²) in [5.74, 6) is 0.311. The van der Waals surface area contributed by atoms with Gasteiger partial charge < -0.3 is 4.90 Å². The van der Waals surface area contributed by atoms with E-state index in [1.807, 2.05) is 0 Å². The first-order valence-electron chi connectivity index (χ1n) is 7.41. The number of hydrogen-bond acceptors (Lipinski definition) is 2. The lowest BCUT2D eigenvalue weighted by atomic mass is 9.89. The Hall–Kier alpha value is -0.810. The van der Waals surface area contributed by atoms with Gasteiger partial charge in [0, 0.05) is 17.7 Å². The van der Waals surface area contributed by atoms with Crippen LogP contribution in [-0.4, -0.2) is 24.0 Å². The molecule has 1 aliphatic rings. The van der Waals surface area contributed by atoms with Gasteiger partial charge in [-0.25, -0.2) is 0 Å². The predicted molar refractivity (Wildman–Crippen MR) is 77.2 cm³/mol. The third kappa shape index (κ3) is 4.14. The smallest absolute Gasteiger partial charge is 0.0943 e. The first-order chi connectivity index (χ1) is 8.60. The highest BCUT2D eigenvalue weighted by Gasteiger charge is 2.25. The van der Waals surface area contributed by atoms with E-state index in [2.05, 4.69) is 38.4 Å². The van der Waals surface area contributed by atoms with Crippen LogP contribution in [0.5, 0.6) is 0 Å². The molecule has 1 saturated carbocycles. The molecule has 0 heterocycles. The third-order valence-corrected chi connectivity index (χ3v) is 4.56. The van der Waals surface area contributed by atoms with E-state index in [1.54, 1.807) is 0 Å². The van der Waals surface area contributed by atoms with Gasteiger partial charge in [-0.05, 0) is 38.6 Å². The van der Waals surface area contributed by atoms with Crippen LogP contribution in [0.3, 0.4) is 0 Å². The number of rotatable bonds is 6. The maximum atomic E-state index is 8.91. The second-order valence-corrected chi connectivity index (χ2v) is 5.79. The normalized spacial score (nSPS) is 20.4. The molecular weight excluding hydrogens is 220 g/mol. The summed E-state index contributed by atoms with van der Waals surface area (Å²) in [6.07, 6.45) is 9.09. The lowest BCUT2D eigenvalue weighted by Gasteiger charge is -2.38. The summed E-state index contributed by atoms with van der Waals surface area (Å²) in [6.45, 7) is 8.24. The van der Waals surface area contributed by atoms with E-state index in [4.69, 9.17) is 5.26 Å². The Kier molecular flexibility index (Phi) is 6.43. The molecule has 0 aliphatic heterocycles. The van der Waals surface area contributed by atoms with Crippen LogP contribution in [0, 0.1) is 17.2 Å². The van der Waals surface area contributed by atoms with Crippen molar-refractivity contribution >= 4 is 0 Å². The summed E-state index contributed by atoms with van der Waals surface area (Å²) in [5, 5.41) is 8.91. The molecule has 0 spiro atoms. The number of allylic oxidation sites excluding steroid dienone is 1. The molecule has 1 rings (SSSR count). The minimum absolute atomic E-state index is 0.311. The molecule has 2 unspecified atom stereocenters. The lowest BCUT2D eigenvalue weighted by Crippen LogP contribution is -2.41. The SMILES string of the molecule is C=C(C#N)C(C)CC(CC)N(C)C1CCCCC1. The van der Waals surface area contributed by atoms with Gasteiger partial charge in [0.15, 0.2) is 0 Å². The molecule has 2 atom stereocenters. The van der Waals surface area contributed by atoms with Crippen molar-refractivity contribution in [1.82, 2.24) is 4.90 Å². The zero-order valence-electron chi connectivity index (χ0n) is 12.3. The molecule has 0 aromatic rings. The minimum Gasteiger partial charge on any atom is -0.300 e. The van der Waals surface area contributed by atoms with Crippen LogP contribution >= 0.6 is 0 Å². The Morgan fingerprint density at radius 1 is 1.39 bits per heavy atom. The van der Waals surface area contributed by atoms with Crippen molar-refractivity contribution in [2.24, 2.45) is 5.92 Å². The average Bonchev–Trinajstić information content (AvgIpc) is 2.43. The van der Waals surface area contributed by atoms with Crippen molar-refractivity contribution in [3.63, 3.8) is 0 Å². The second-order valence-electron chi connectivity index (χ2n) is 5.79. The molecular formula is C16H28N2. The Labute approximate surface area is 113 Å². The molecule has 0 aromatic carbocycles. The van der Waals surface area contributed by atoms with Gasteiger partial charge in [0.2, 0.25) is 0 Å². The van der Waals surface area contributed by atoms with Gasteiger partial charge in [-0.1, -0.05) is 39.7 Å². The Balaban J connectivity index is 2.53. The van der Waals surface area contributed by atoms with E-state index >= 15 is 0 Å². The van der Waals surface area contributed by atoms with Crippen molar-refractivity contribution in [2.45, 2.75) is 70.9 Å². The number of nitriles is 1. The number of hydrogen-bond donors (Lipinski definition) is 0. The monoisotopic (exact) mass is 248 g/mol. The molecule has 0 amide bonds. The molecule has 1 fully saturated rings. The van der Waals surface area contributed by atoms with Crippen LogP contribution in [-0.2, 0) is 0 Å². The fraction of sp³-hybridized carbons (Fsp3) is 0.812. The van der Waals surface area contributed by atoms with Gasteiger partial charge in [-0.15, -0.1) is 0 Å². The van der Waals surface area contributed by atoms with Crippen LogP contribution < -0.4 is 0 Å². The van der Waals surface area contributed by atoms with Crippen molar-refractivity contribution < 1.29 is 0 Å². The van der Waals surface area contributed by atoms with Gasteiger partial charge in [0.25, 0.3) is 0 Å². The molecule has 0 radical (unpaired) electrons. The fourth-order valence-corrected chi connectivity index (χ4v) is 3.07. The van der Waals surface area contributed by atoms with Crippen molar-refractivity contribution in [1.29, 1.82) is 5.26 Å². The van der Waals surface area contributed by atoms with Crippen LogP contribution in [0.4, 0.5) is 0 Å². The minimum atomic E-state index is 0.311.